The van der Waals surface area contributed by atoms with Crippen LogP contribution in [0.25, 0.3) is 32.8 Å². The fourth-order valence-electron chi connectivity index (χ4n) is 9.27. The number of piperazine rings is 1. The van der Waals surface area contributed by atoms with Crippen LogP contribution in [0.4, 0.5) is 20.3 Å². The third-order valence-electron chi connectivity index (χ3n) is 11.4. The lowest BCUT2D eigenvalue weighted by Crippen LogP contribution is -2.61. The van der Waals surface area contributed by atoms with Gasteiger partial charge in [-0.3, -0.25) is 4.90 Å². The van der Waals surface area contributed by atoms with Crippen LogP contribution in [0.1, 0.15) is 44.1 Å². The van der Waals surface area contributed by atoms with Gasteiger partial charge in [-0.15, -0.1) is 6.42 Å². The van der Waals surface area contributed by atoms with Gasteiger partial charge in [0.1, 0.15) is 23.8 Å². The molecular weight excluding hydrogens is 606 g/mol. The monoisotopic (exact) mass is 644 g/mol. The predicted octanol–water partition coefficient (Wildman–Crippen LogP) is 6.35. The first-order valence-corrected chi connectivity index (χ1v) is 16.9. The van der Waals surface area contributed by atoms with Crippen LogP contribution in [0.5, 0.6) is 6.01 Å². The lowest BCUT2D eigenvalue weighted by molar-refractivity contribution is 0.108. The highest BCUT2D eigenvalue weighted by atomic mass is 19.1. The highest BCUT2D eigenvalue weighted by Crippen LogP contribution is 2.49. The average molecular weight is 645 g/mol. The van der Waals surface area contributed by atoms with Crippen molar-refractivity contribution in [1.29, 1.82) is 0 Å². The highest BCUT2D eigenvalue weighted by molar-refractivity contribution is 6.04. The maximum atomic E-state index is 17.1. The van der Waals surface area contributed by atoms with Crippen molar-refractivity contribution in [2.75, 3.05) is 43.4 Å². The second-order valence-corrected chi connectivity index (χ2v) is 14.8. The van der Waals surface area contributed by atoms with E-state index in [9.17, 15) is 4.39 Å². The Kier molecular flexibility index (Phi) is 6.47. The van der Waals surface area contributed by atoms with Crippen molar-refractivity contribution in [2.24, 2.45) is 5.92 Å². The minimum Gasteiger partial charge on any atom is -0.461 e. The summed E-state index contributed by atoms with van der Waals surface area (Å²) in [5.41, 5.74) is 9.69. The number of nitrogens with two attached hydrogens (primary N) is 1. The van der Waals surface area contributed by atoms with Crippen molar-refractivity contribution in [2.45, 2.75) is 55.6 Å². The summed E-state index contributed by atoms with van der Waals surface area (Å²) in [5.74, 6) is 2.69. The maximum Gasteiger partial charge on any atom is 0.319 e. The molecule has 1 saturated carbocycles. The van der Waals surface area contributed by atoms with Gasteiger partial charge >= 0.3 is 6.01 Å². The standard InChI is InChI=1S/C39H38F2N6O/c1-4-28-32(40)10-5-24-13-26(42)14-31(33(24)28)29-8-9-30-35(34(29)41)43-37(48-21-38-15-22(2)17-47(38)18-23(3)16-38)44-36(30)46-19-27-11-12-39(20-46,45-27)25-6-7-25/h1,5,8-10,13-14,25,27,45H,2-3,6-7,11-12,15-21,42H2/t27-,39+/m0/s1. The molecule has 4 saturated heterocycles. The number of benzene rings is 3. The SMILES string of the molecule is C#Cc1c(F)ccc2cc(N)cc(-c3ccc4c(N5C[C@@H]6CC[C@](C7CC7)(C5)N6)nc(OCC56CC(=C)CN5CC(=C)C6)nc4c3F)c12. The number of hydrogen-bond donors (Lipinski definition) is 2. The zero-order valence-corrected chi connectivity index (χ0v) is 26.9. The third kappa shape index (κ3) is 4.53. The van der Waals surface area contributed by atoms with Gasteiger partial charge in [0.05, 0.1) is 11.1 Å². The van der Waals surface area contributed by atoms with Crippen LogP contribution in [0.2, 0.25) is 0 Å². The molecule has 2 bridgehead atoms. The molecule has 0 spiro atoms. The number of anilines is 2. The van der Waals surface area contributed by atoms with E-state index in [0.29, 0.717) is 51.8 Å². The first-order valence-electron chi connectivity index (χ1n) is 16.9. The van der Waals surface area contributed by atoms with Crippen LogP contribution in [0, 0.1) is 29.9 Å². The second-order valence-electron chi connectivity index (χ2n) is 14.8. The first kappa shape index (κ1) is 29.6. The van der Waals surface area contributed by atoms with Gasteiger partial charge in [0, 0.05) is 59.8 Å². The van der Waals surface area contributed by atoms with Gasteiger partial charge in [0.25, 0.3) is 0 Å². The van der Waals surface area contributed by atoms with Crippen molar-refractivity contribution in [3.63, 3.8) is 0 Å². The van der Waals surface area contributed by atoms with Crippen LogP contribution in [-0.4, -0.2) is 64.8 Å². The molecule has 9 rings (SSSR count). The van der Waals surface area contributed by atoms with Gasteiger partial charge in [0.15, 0.2) is 5.82 Å². The van der Waals surface area contributed by atoms with Gasteiger partial charge in [-0.2, -0.15) is 9.97 Å². The van der Waals surface area contributed by atoms with Crippen molar-refractivity contribution >= 4 is 33.2 Å². The molecule has 5 heterocycles. The fourth-order valence-corrected chi connectivity index (χ4v) is 9.27. The van der Waals surface area contributed by atoms with Gasteiger partial charge in [-0.1, -0.05) is 42.4 Å². The van der Waals surface area contributed by atoms with Crippen molar-refractivity contribution in [1.82, 2.24) is 20.2 Å². The smallest absolute Gasteiger partial charge is 0.319 e. The Morgan fingerprint density at radius 1 is 1.04 bits per heavy atom. The molecule has 244 valence electrons. The lowest BCUT2D eigenvalue weighted by Gasteiger charge is -2.42. The number of ether oxygens (including phenoxy) is 1. The number of fused-ring (bicyclic) bond motifs is 5. The summed E-state index contributed by atoms with van der Waals surface area (Å²) in [4.78, 5) is 14.5. The summed E-state index contributed by atoms with van der Waals surface area (Å²) in [7, 11) is 0. The predicted molar refractivity (Wildman–Crippen MR) is 186 cm³/mol. The molecule has 0 amide bonds. The Hall–Kier alpha value is -4.52. The summed E-state index contributed by atoms with van der Waals surface area (Å²) in [5, 5.41) is 5.60. The number of halogens is 2. The number of nitrogen functional groups attached to an aromatic ring is 1. The molecule has 5 fully saturated rings. The van der Waals surface area contributed by atoms with Crippen LogP contribution in [0.15, 0.2) is 60.7 Å². The van der Waals surface area contributed by atoms with E-state index in [2.05, 4.69) is 34.2 Å². The van der Waals surface area contributed by atoms with Crippen LogP contribution < -0.4 is 20.7 Å². The van der Waals surface area contributed by atoms with E-state index in [1.165, 1.54) is 30.1 Å². The van der Waals surface area contributed by atoms with E-state index in [1.54, 1.807) is 24.3 Å². The molecule has 3 N–H and O–H groups in total. The molecule has 0 radical (unpaired) electrons. The molecule has 1 aromatic heterocycles. The molecule has 1 aliphatic carbocycles. The summed E-state index contributed by atoms with van der Waals surface area (Å²) in [6.07, 6.45) is 12.1. The third-order valence-corrected chi connectivity index (χ3v) is 11.4. The summed E-state index contributed by atoms with van der Waals surface area (Å²) in [6, 6.07) is 10.4. The Morgan fingerprint density at radius 2 is 1.83 bits per heavy atom. The van der Waals surface area contributed by atoms with Gasteiger partial charge in [-0.25, -0.2) is 8.78 Å². The van der Waals surface area contributed by atoms with Crippen molar-refractivity contribution in [3.05, 3.63) is 77.9 Å². The number of nitrogens with one attached hydrogen (secondary N) is 1. The lowest BCUT2D eigenvalue weighted by atomic mass is 9.90. The van der Waals surface area contributed by atoms with Crippen LogP contribution >= 0.6 is 0 Å². The number of hydrogen-bond acceptors (Lipinski definition) is 7. The van der Waals surface area contributed by atoms with Crippen LogP contribution in [-0.2, 0) is 0 Å². The minimum atomic E-state index is -0.557. The van der Waals surface area contributed by atoms with Gasteiger partial charge in [0.2, 0.25) is 0 Å². The zero-order chi connectivity index (χ0) is 32.9. The summed E-state index contributed by atoms with van der Waals surface area (Å²) < 4.78 is 38.6. The molecule has 4 aliphatic heterocycles. The molecule has 5 aliphatic rings. The molecule has 9 heteroatoms. The first-order chi connectivity index (χ1) is 23.1. The van der Waals surface area contributed by atoms with Crippen molar-refractivity contribution in [3.8, 4) is 29.5 Å². The highest BCUT2D eigenvalue weighted by Gasteiger charge is 2.53. The Bertz CT molecular complexity index is 2100. The van der Waals surface area contributed by atoms with E-state index in [-0.39, 0.29) is 33.7 Å². The molecular formula is C39H38F2N6O. The Balaban J connectivity index is 1.19. The van der Waals surface area contributed by atoms with E-state index in [4.69, 9.17) is 26.9 Å². The van der Waals surface area contributed by atoms with E-state index >= 15 is 4.39 Å². The number of aromatic nitrogens is 2. The van der Waals surface area contributed by atoms with Gasteiger partial charge in [-0.05, 0) is 79.7 Å². The molecule has 7 nitrogen and oxygen atoms in total. The molecule has 4 aromatic rings. The van der Waals surface area contributed by atoms with Gasteiger partial charge < -0.3 is 20.7 Å². The molecule has 3 aromatic carbocycles. The quantitative estimate of drug-likeness (QED) is 0.144. The fraction of sp³-hybridized carbons (Fsp3) is 0.385. The topological polar surface area (TPSA) is 79.5 Å². The summed E-state index contributed by atoms with van der Waals surface area (Å²) in [6.45, 7) is 12.0. The molecule has 48 heavy (non-hydrogen) atoms. The second kappa shape index (κ2) is 10.5. The number of terminal acetylenes is 1. The number of nitrogens with zero attached hydrogens (tertiary/aromatic N) is 4. The maximum absolute atomic E-state index is 17.1. The normalized spacial score (nSPS) is 24.9. The largest absolute Gasteiger partial charge is 0.461 e. The molecule has 0 unspecified atom stereocenters. The Labute approximate surface area is 278 Å². The minimum absolute atomic E-state index is 0.0454. The van der Waals surface area contributed by atoms with E-state index < -0.39 is 11.6 Å². The zero-order valence-electron chi connectivity index (χ0n) is 26.9. The summed E-state index contributed by atoms with van der Waals surface area (Å²) >= 11 is 0. The van der Waals surface area contributed by atoms with E-state index in [0.717, 1.165) is 51.9 Å². The average Bonchev–Trinajstić information content (AvgIpc) is 3.75. The van der Waals surface area contributed by atoms with Crippen LogP contribution in [0.3, 0.4) is 0 Å². The number of rotatable bonds is 6. The van der Waals surface area contributed by atoms with Crippen molar-refractivity contribution < 1.29 is 13.5 Å². The van der Waals surface area contributed by atoms with E-state index in [1.807, 2.05) is 6.07 Å². The Morgan fingerprint density at radius 3 is 2.58 bits per heavy atom. The molecule has 2 atom stereocenters.